The van der Waals surface area contributed by atoms with E-state index in [-0.39, 0.29) is 13.2 Å². The minimum atomic E-state index is -1.19. The molecule has 0 bridgehead atoms. The van der Waals surface area contributed by atoms with Gasteiger partial charge in [0.25, 0.3) is 0 Å². The highest BCUT2D eigenvalue weighted by molar-refractivity contribution is 6.30. The molecule has 2 saturated heterocycles. The highest BCUT2D eigenvalue weighted by atomic mass is 35.5. The zero-order chi connectivity index (χ0) is 19.7. The maximum absolute atomic E-state index is 10.6. The molecule has 2 unspecified atom stereocenters. The summed E-state index contributed by atoms with van der Waals surface area (Å²) in [6, 6.07) is 14.1. The van der Waals surface area contributed by atoms with Gasteiger partial charge >= 0.3 is 0 Å². The Balaban J connectivity index is 1.54. The lowest BCUT2D eigenvalue weighted by molar-refractivity contribution is -0.332. The van der Waals surface area contributed by atoms with Gasteiger partial charge in [-0.2, -0.15) is 0 Å². The summed E-state index contributed by atoms with van der Waals surface area (Å²) in [7, 11) is 0. The van der Waals surface area contributed by atoms with E-state index in [9.17, 15) is 10.2 Å². The number of aliphatic hydroxyl groups is 2. The third-order valence-corrected chi connectivity index (χ3v) is 5.29. The SMILES string of the molecule is O[C@@H]1[C@H]2OC(c3ccc(Cl)cc3)OC[C@H]2OC(c2ccc(Cl)cc2)OC[C@@H]1O. The molecule has 0 amide bonds. The van der Waals surface area contributed by atoms with Gasteiger partial charge in [-0.1, -0.05) is 47.5 Å². The second kappa shape index (κ2) is 8.65. The topological polar surface area (TPSA) is 77.4 Å². The van der Waals surface area contributed by atoms with Crippen molar-refractivity contribution in [2.45, 2.75) is 37.0 Å². The molecule has 150 valence electrons. The Labute approximate surface area is 172 Å². The van der Waals surface area contributed by atoms with Crippen molar-refractivity contribution in [2.75, 3.05) is 13.2 Å². The number of hydrogen-bond acceptors (Lipinski definition) is 6. The molecular weight excluding hydrogens is 407 g/mol. The van der Waals surface area contributed by atoms with E-state index in [0.717, 1.165) is 11.1 Å². The first kappa shape index (κ1) is 20.1. The Bertz CT molecular complexity index is 784. The molecule has 2 fully saturated rings. The molecule has 6 nitrogen and oxygen atoms in total. The van der Waals surface area contributed by atoms with Gasteiger partial charge in [0, 0.05) is 21.2 Å². The molecule has 4 rings (SSSR count). The number of benzene rings is 2. The molecular formula is C20H20Cl2O6. The van der Waals surface area contributed by atoms with Gasteiger partial charge in [0.05, 0.1) is 13.2 Å². The summed E-state index contributed by atoms with van der Waals surface area (Å²) in [6.45, 7) is 0.0582. The van der Waals surface area contributed by atoms with Gasteiger partial charge in [-0.25, -0.2) is 0 Å². The Morgan fingerprint density at radius 2 is 1.21 bits per heavy atom. The van der Waals surface area contributed by atoms with E-state index in [4.69, 9.17) is 42.1 Å². The Morgan fingerprint density at radius 3 is 1.79 bits per heavy atom. The van der Waals surface area contributed by atoms with Crippen LogP contribution in [0.1, 0.15) is 23.7 Å². The second-order valence-electron chi connectivity index (χ2n) is 6.77. The van der Waals surface area contributed by atoms with E-state index in [2.05, 4.69) is 0 Å². The molecule has 0 aliphatic carbocycles. The smallest absolute Gasteiger partial charge is 0.184 e. The van der Waals surface area contributed by atoms with Crippen LogP contribution in [-0.4, -0.2) is 47.8 Å². The molecule has 8 heteroatoms. The van der Waals surface area contributed by atoms with Crippen molar-refractivity contribution in [3.05, 3.63) is 69.7 Å². The maximum Gasteiger partial charge on any atom is 0.184 e. The van der Waals surface area contributed by atoms with Crippen LogP contribution >= 0.6 is 23.2 Å². The largest absolute Gasteiger partial charge is 0.388 e. The van der Waals surface area contributed by atoms with Gasteiger partial charge in [0.15, 0.2) is 12.6 Å². The Kier molecular flexibility index (Phi) is 6.20. The molecule has 2 heterocycles. The number of fused-ring (bicyclic) bond motifs is 1. The molecule has 6 atom stereocenters. The molecule has 2 N–H and O–H groups in total. The average molecular weight is 427 g/mol. The van der Waals surface area contributed by atoms with Gasteiger partial charge in [0.1, 0.15) is 24.4 Å². The van der Waals surface area contributed by atoms with Crippen molar-refractivity contribution < 1.29 is 29.2 Å². The van der Waals surface area contributed by atoms with Crippen LogP contribution in [0.25, 0.3) is 0 Å². The van der Waals surface area contributed by atoms with Gasteiger partial charge in [0.2, 0.25) is 0 Å². The highest BCUT2D eigenvalue weighted by Crippen LogP contribution is 2.35. The first-order chi connectivity index (χ1) is 13.5. The number of aliphatic hydroxyl groups excluding tert-OH is 2. The number of rotatable bonds is 2. The maximum atomic E-state index is 10.6. The van der Waals surface area contributed by atoms with Crippen LogP contribution in [0.2, 0.25) is 10.0 Å². The lowest BCUT2D eigenvalue weighted by Gasteiger charge is -2.42. The summed E-state index contributed by atoms with van der Waals surface area (Å²) in [5, 5.41) is 22.1. The van der Waals surface area contributed by atoms with E-state index >= 15 is 0 Å². The molecule has 0 spiro atoms. The lowest BCUT2D eigenvalue weighted by atomic mass is 10.0. The van der Waals surface area contributed by atoms with Crippen molar-refractivity contribution >= 4 is 23.2 Å². The highest BCUT2D eigenvalue weighted by Gasteiger charge is 2.44. The summed E-state index contributed by atoms with van der Waals surface area (Å²) < 4.78 is 23.5. The minimum absolute atomic E-state index is 0.104. The normalized spacial score (nSPS) is 33.6. The summed E-state index contributed by atoms with van der Waals surface area (Å²) in [6.07, 6.45) is -5.17. The summed E-state index contributed by atoms with van der Waals surface area (Å²) in [5.74, 6) is 0. The number of hydrogen-bond donors (Lipinski definition) is 2. The van der Waals surface area contributed by atoms with E-state index in [1.807, 2.05) is 0 Å². The number of ether oxygens (including phenoxy) is 4. The fraction of sp³-hybridized carbons (Fsp3) is 0.400. The first-order valence-electron chi connectivity index (χ1n) is 8.92. The first-order valence-corrected chi connectivity index (χ1v) is 9.68. The minimum Gasteiger partial charge on any atom is -0.388 e. The third kappa shape index (κ3) is 4.35. The van der Waals surface area contributed by atoms with E-state index < -0.39 is 37.0 Å². The van der Waals surface area contributed by atoms with E-state index in [0.29, 0.717) is 10.0 Å². The van der Waals surface area contributed by atoms with Crippen LogP contribution in [0.5, 0.6) is 0 Å². The van der Waals surface area contributed by atoms with Gasteiger partial charge < -0.3 is 29.2 Å². The standard InChI is InChI=1S/C20H20Cl2O6/c21-13-5-1-11(2-6-13)19-25-9-15(23)17(24)18-16(27-19)10-26-20(28-18)12-3-7-14(22)8-4-12/h1-8,15-20,23-24H,9-10H2/t15-,16+,17-,18-,19?,20?/m0/s1. The van der Waals surface area contributed by atoms with E-state index in [1.165, 1.54) is 0 Å². The molecule has 2 aromatic carbocycles. The predicted octanol–water partition coefficient (Wildman–Crippen LogP) is 3.24. The molecule has 0 radical (unpaired) electrons. The van der Waals surface area contributed by atoms with Gasteiger partial charge in [-0.3, -0.25) is 0 Å². The van der Waals surface area contributed by atoms with Gasteiger partial charge in [-0.15, -0.1) is 0 Å². The van der Waals surface area contributed by atoms with Crippen molar-refractivity contribution in [1.82, 2.24) is 0 Å². The third-order valence-electron chi connectivity index (χ3n) is 4.79. The zero-order valence-electron chi connectivity index (χ0n) is 14.8. The van der Waals surface area contributed by atoms with E-state index in [1.54, 1.807) is 48.5 Å². The lowest BCUT2D eigenvalue weighted by Crippen LogP contribution is -2.55. The van der Waals surface area contributed by atoms with Crippen molar-refractivity contribution in [1.29, 1.82) is 0 Å². The molecule has 2 aliphatic rings. The summed E-state index contributed by atoms with van der Waals surface area (Å²) in [5.41, 5.74) is 1.50. The van der Waals surface area contributed by atoms with Crippen LogP contribution in [0.3, 0.4) is 0 Å². The Hall–Kier alpha value is -1.22. The quantitative estimate of drug-likeness (QED) is 0.767. The molecule has 2 aromatic rings. The van der Waals surface area contributed by atoms with Crippen LogP contribution in [0, 0.1) is 0 Å². The average Bonchev–Trinajstić information content (AvgIpc) is 2.71. The van der Waals surface area contributed by atoms with Crippen LogP contribution < -0.4 is 0 Å². The van der Waals surface area contributed by atoms with Crippen molar-refractivity contribution in [3.63, 3.8) is 0 Å². The number of halogens is 2. The molecule has 2 aliphatic heterocycles. The summed E-state index contributed by atoms with van der Waals surface area (Å²) in [4.78, 5) is 0. The zero-order valence-corrected chi connectivity index (χ0v) is 16.3. The van der Waals surface area contributed by atoms with Crippen LogP contribution in [-0.2, 0) is 18.9 Å². The van der Waals surface area contributed by atoms with Crippen LogP contribution in [0.4, 0.5) is 0 Å². The monoisotopic (exact) mass is 426 g/mol. The molecule has 28 heavy (non-hydrogen) atoms. The molecule has 0 saturated carbocycles. The van der Waals surface area contributed by atoms with Crippen molar-refractivity contribution in [2.24, 2.45) is 0 Å². The summed E-state index contributed by atoms with van der Waals surface area (Å²) >= 11 is 11.9. The fourth-order valence-corrected chi connectivity index (χ4v) is 3.51. The second-order valence-corrected chi connectivity index (χ2v) is 7.64. The van der Waals surface area contributed by atoms with Gasteiger partial charge in [-0.05, 0) is 24.3 Å². The molecule has 0 aromatic heterocycles. The predicted molar refractivity (Wildman–Crippen MR) is 102 cm³/mol. The fourth-order valence-electron chi connectivity index (χ4n) is 3.25. The Morgan fingerprint density at radius 1 is 0.714 bits per heavy atom. The van der Waals surface area contributed by atoms with Crippen LogP contribution in [0.15, 0.2) is 48.5 Å². The van der Waals surface area contributed by atoms with Crippen molar-refractivity contribution in [3.8, 4) is 0 Å².